The average molecular weight is 1110 g/mol. The second kappa shape index (κ2) is 54.0. The summed E-state index contributed by atoms with van der Waals surface area (Å²) in [4.78, 5) is 54.3. The lowest BCUT2D eigenvalue weighted by molar-refractivity contribution is -0.259. The lowest BCUT2D eigenvalue weighted by atomic mass is 9.97. The summed E-state index contributed by atoms with van der Waals surface area (Å²) in [5.74, 6) is -1.72. The quantitative estimate of drug-likeness (QED) is 0.0269. The molecule has 0 saturated carbocycles. The number of likely N-dealkylation sites (tertiary alicyclic amines) is 1. The average Bonchev–Trinajstić information content (AvgIpc) is 3.84. The van der Waals surface area contributed by atoms with Crippen molar-refractivity contribution in [2.75, 3.05) is 32.8 Å². The first-order valence-electron chi connectivity index (χ1n) is 34.0. The molecule has 0 aromatic rings. The van der Waals surface area contributed by atoms with Crippen LogP contribution in [0.25, 0.3) is 0 Å². The Balaban J connectivity index is 2.78. The largest absolute Gasteiger partial charge is 0.466 e. The number of nitrogens with two attached hydrogens (primary N) is 1. The van der Waals surface area contributed by atoms with Crippen molar-refractivity contribution in [1.82, 2.24) is 4.90 Å². The molecule has 78 heavy (non-hydrogen) atoms. The van der Waals surface area contributed by atoms with E-state index < -0.39 is 11.8 Å². The molecule has 0 aromatic carbocycles. The molecule has 1 unspecified atom stereocenters. The molecular formula is C67H128N2O9. The molecule has 1 fully saturated rings. The minimum Gasteiger partial charge on any atom is -0.466 e. The topological polar surface area (TPSA) is 144 Å². The van der Waals surface area contributed by atoms with Crippen molar-refractivity contribution in [2.24, 2.45) is 5.73 Å². The molecule has 0 aliphatic carbocycles. The van der Waals surface area contributed by atoms with E-state index in [-0.39, 0.29) is 49.1 Å². The minimum atomic E-state index is -0.853. The van der Waals surface area contributed by atoms with E-state index in [0.29, 0.717) is 45.6 Å². The number of carbonyl (C=O) groups excluding carboxylic acids is 4. The van der Waals surface area contributed by atoms with Crippen molar-refractivity contribution in [3.8, 4) is 0 Å². The van der Waals surface area contributed by atoms with Crippen molar-refractivity contribution in [3.05, 3.63) is 0 Å². The van der Waals surface area contributed by atoms with Crippen LogP contribution in [-0.2, 0) is 42.9 Å². The second-order valence-corrected chi connectivity index (χ2v) is 23.7. The van der Waals surface area contributed by atoms with E-state index in [1.165, 1.54) is 173 Å². The second-order valence-electron chi connectivity index (χ2n) is 23.7. The number of hydrogen-bond acceptors (Lipinski definition) is 11. The molecule has 1 rings (SSSR count). The Hall–Kier alpha value is -2.24. The van der Waals surface area contributed by atoms with Crippen LogP contribution < -0.4 is 5.73 Å². The maximum Gasteiger partial charge on any atom is 0.323 e. The fourth-order valence-corrected chi connectivity index (χ4v) is 11.3. The number of rotatable bonds is 59. The monoisotopic (exact) mass is 1100 g/mol. The number of ether oxygens (including phenoxy) is 5. The molecular weight excluding hydrogens is 977 g/mol. The summed E-state index contributed by atoms with van der Waals surface area (Å²) in [5, 5.41) is 0. The van der Waals surface area contributed by atoms with Gasteiger partial charge in [-0.15, -0.1) is 0 Å². The van der Waals surface area contributed by atoms with Crippen LogP contribution in [0.5, 0.6) is 0 Å². The molecule has 2 atom stereocenters. The lowest BCUT2D eigenvalue weighted by Crippen LogP contribution is -2.42. The van der Waals surface area contributed by atoms with E-state index in [9.17, 15) is 19.2 Å². The first kappa shape index (κ1) is 73.8. The van der Waals surface area contributed by atoms with E-state index in [1.54, 1.807) is 0 Å². The van der Waals surface area contributed by atoms with Crippen LogP contribution in [0.4, 0.5) is 0 Å². The molecule has 0 spiro atoms. The van der Waals surface area contributed by atoms with Crippen LogP contribution in [-0.4, -0.2) is 85.7 Å². The van der Waals surface area contributed by atoms with Crippen molar-refractivity contribution >= 4 is 23.9 Å². The molecule has 11 nitrogen and oxygen atoms in total. The van der Waals surface area contributed by atoms with Gasteiger partial charge in [0.25, 0.3) is 0 Å². The Bertz CT molecular complexity index is 1350. The van der Waals surface area contributed by atoms with Gasteiger partial charge in [0.2, 0.25) is 5.79 Å². The maximum absolute atomic E-state index is 14.0. The molecule has 0 aromatic heterocycles. The Morgan fingerprint density at radius 2 is 0.846 bits per heavy atom. The molecule has 11 heteroatoms. The zero-order valence-electron chi connectivity index (χ0n) is 52.1. The molecule has 0 amide bonds. The predicted octanol–water partition coefficient (Wildman–Crippen LogP) is 18.5. The van der Waals surface area contributed by atoms with Crippen LogP contribution in [0, 0.1) is 0 Å². The standard InChI is InChI=1S/C67H128N2O9/c1-6-11-16-21-26-27-28-35-45-56-74-63(70)49-41-37-44-55-69-59-61(76-64(71)51-54-68)58-62(69)66(73)75-57-46-36-29-32-40-50-65(72)78-67(52-42-33-24-19-14-9-4,53-43-34-25-20-15-10-5)77-60(47-38-30-22-17-12-7-2)48-39-31-23-18-13-8-3/h60-62H,6-59,68H2,1-5H3/t61?,62-/m0/s1. The summed E-state index contributed by atoms with van der Waals surface area (Å²) in [5.41, 5.74) is 5.61. The molecule has 2 N–H and O–H groups in total. The maximum atomic E-state index is 14.0. The lowest BCUT2D eigenvalue weighted by Gasteiger charge is -2.37. The minimum absolute atomic E-state index is 0.117. The first-order chi connectivity index (χ1) is 38.2. The highest BCUT2D eigenvalue weighted by atomic mass is 16.7. The van der Waals surface area contributed by atoms with E-state index in [2.05, 4.69) is 39.5 Å². The van der Waals surface area contributed by atoms with Crippen LogP contribution in [0.3, 0.4) is 0 Å². The number of unbranched alkanes of at least 4 members (excludes halogenated alkanes) is 34. The van der Waals surface area contributed by atoms with Crippen molar-refractivity contribution in [3.63, 3.8) is 0 Å². The van der Waals surface area contributed by atoms with Crippen molar-refractivity contribution in [2.45, 2.75) is 373 Å². The van der Waals surface area contributed by atoms with Gasteiger partial charge in [0.1, 0.15) is 12.1 Å². The van der Waals surface area contributed by atoms with Gasteiger partial charge in [0.05, 0.1) is 25.7 Å². The molecule has 1 aliphatic rings. The molecule has 1 heterocycles. The van der Waals surface area contributed by atoms with Gasteiger partial charge in [0, 0.05) is 45.2 Å². The number of carbonyl (C=O) groups is 4. The van der Waals surface area contributed by atoms with Crippen molar-refractivity contribution < 1.29 is 42.9 Å². The van der Waals surface area contributed by atoms with Crippen LogP contribution in [0.1, 0.15) is 349 Å². The Labute approximate surface area is 481 Å². The zero-order valence-corrected chi connectivity index (χ0v) is 52.1. The fourth-order valence-electron chi connectivity index (χ4n) is 11.3. The smallest absolute Gasteiger partial charge is 0.323 e. The Kier molecular flexibility index (Phi) is 51.1. The molecule has 1 aliphatic heterocycles. The van der Waals surface area contributed by atoms with Gasteiger partial charge < -0.3 is 29.4 Å². The summed E-state index contributed by atoms with van der Waals surface area (Å²) >= 11 is 0. The highest BCUT2D eigenvalue weighted by Gasteiger charge is 2.40. The van der Waals surface area contributed by atoms with Crippen LogP contribution in [0.15, 0.2) is 0 Å². The molecule has 1 saturated heterocycles. The van der Waals surface area contributed by atoms with E-state index >= 15 is 0 Å². The van der Waals surface area contributed by atoms with Gasteiger partial charge in [0.15, 0.2) is 0 Å². The van der Waals surface area contributed by atoms with Gasteiger partial charge in [-0.1, -0.05) is 253 Å². The number of esters is 4. The summed E-state index contributed by atoms with van der Waals surface area (Å²) in [6.07, 6.45) is 52.0. The predicted molar refractivity (Wildman–Crippen MR) is 325 cm³/mol. The third-order valence-corrected chi connectivity index (χ3v) is 16.2. The molecule has 0 bridgehead atoms. The molecule has 460 valence electrons. The summed E-state index contributed by atoms with van der Waals surface area (Å²) in [6.45, 7) is 13.5. The summed E-state index contributed by atoms with van der Waals surface area (Å²) in [6, 6.07) is -0.479. The Morgan fingerprint density at radius 1 is 0.449 bits per heavy atom. The van der Waals surface area contributed by atoms with Gasteiger partial charge >= 0.3 is 23.9 Å². The van der Waals surface area contributed by atoms with E-state index in [1.807, 2.05) is 0 Å². The Morgan fingerprint density at radius 3 is 1.32 bits per heavy atom. The molecule has 0 radical (unpaired) electrons. The third-order valence-electron chi connectivity index (χ3n) is 16.2. The normalized spacial score (nSPS) is 14.9. The van der Waals surface area contributed by atoms with E-state index in [4.69, 9.17) is 29.4 Å². The fraction of sp³-hybridized carbons (Fsp3) is 0.940. The zero-order chi connectivity index (χ0) is 56.8. The van der Waals surface area contributed by atoms with E-state index in [0.717, 1.165) is 116 Å². The number of hydrogen-bond donors (Lipinski definition) is 1. The van der Waals surface area contributed by atoms with Crippen LogP contribution >= 0.6 is 0 Å². The third kappa shape index (κ3) is 42.6. The summed E-state index contributed by atoms with van der Waals surface area (Å²) in [7, 11) is 0. The van der Waals surface area contributed by atoms with Crippen molar-refractivity contribution in [1.29, 1.82) is 0 Å². The van der Waals surface area contributed by atoms with Crippen LogP contribution in [0.2, 0.25) is 0 Å². The van der Waals surface area contributed by atoms with Gasteiger partial charge in [-0.25, -0.2) is 0 Å². The van der Waals surface area contributed by atoms with Gasteiger partial charge in [-0.05, 0) is 64.3 Å². The first-order valence-corrected chi connectivity index (χ1v) is 34.0. The van der Waals surface area contributed by atoms with Gasteiger partial charge in [-0.3, -0.25) is 24.1 Å². The number of nitrogens with zero attached hydrogens (tertiary/aromatic N) is 1. The van der Waals surface area contributed by atoms with Gasteiger partial charge in [-0.2, -0.15) is 0 Å². The SMILES string of the molecule is CCCCCCCCCCCOC(=O)CCCCCN1CC(OC(=O)CCN)C[C@H]1C(=O)OCCCCCCCC(=O)OC(CCCCCCCC)(CCCCCCCC)OC(CCCCCCCC)CCCCCCCC. The highest BCUT2D eigenvalue weighted by molar-refractivity contribution is 5.76. The summed E-state index contributed by atoms with van der Waals surface area (Å²) < 4.78 is 31.1. The highest BCUT2D eigenvalue weighted by Crippen LogP contribution is 2.34.